The Morgan fingerprint density at radius 1 is 0.935 bits per heavy atom. The van der Waals surface area contributed by atoms with Gasteiger partial charge in [0.1, 0.15) is 16.4 Å². The fourth-order valence-electron chi connectivity index (χ4n) is 5.10. The van der Waals surface area contributed by atoms with Crippen molar-refractivity contribution in [2.45, 2.75) is 72.3 Å². The van der Waals surface area contributed by atoms with Gasteiger partial charge in [-0.05, 0) is 68.7 Å². The molecule has 0 aliphatic carbocycles. The third-order valence-electron chi connectivity index (χ3n) is 7.55. The average molecular weight is 651 g/mol. The zero-order valence-electron chi connectivity index (χ0n) is 27.1. The van der Waals surface area contributed by atoms with E-state index in [2.05, 4.69) is 18.8 Å². The molecule has 1 saturated heterocycles. The van der Waals surface area contributed by atoms with Crippen molar-refractivity contribution in [2.24, 2.45) is 0 Å². The number of aryl methyl sites for hydroxylation is 1. The second-order valence-corrected chi connectivity index (χ2v) is 11.8. The van der Waals surface area contributed by atoms with Crippen molar-refractivity contribution in [1.82, 2.24) is 4.98 Å². The zero-order chi connectivity index (χ0) is 33.2. The Hall–Kier alpha value is -4.38. The summed E-state index contributed by atoms with van der Waals surface area (Å²) in [5.74, 6) is -1.12. The first kappa shape index (κ1) is 34.5. The Kier molecular flexibility index (Phi) is 12.2. The number of hydrogen-bond acceptors (Lipinski definition) is 10. The maximum absolute atomic E-state index is 13.7. The first-order valence-electron chi connectivity index (χ1n) is 15.7. The number of ether oxygens (including phenoxy) is 4. The second-order valence-electron chi connectivity index (χ2n) is 10.8. The van der Waals surface area contributed by atoms with Gasteiger partial charge < -0.3 is 24.1 Å². The molecule has 11 heteroatoms. The molecule has 1 amide bonds. The smallest absolute Gasteiger partial charge is 0.350 e. The minimum Gasteiger partial charge on any atom is -0.507 e. The van der Waals surface area contributed by atoms with Gasteiger partial charge in [-0.15, -0.1) is 0 Å². The van der Waals surface area contributed by atoms with Crippen LogP contribution in [0.3, 0.4) is 0 Å². The highest BCUT2D eigenvalue weighted by Crippen LogP contribution is 2.45. The van der Waals surface area contributed by atoms with E-state index in [-0.39, 0.29) is 27.9 Å². The highest BCUT2D eigenvalue weighted by atomic mass is 32.1. The Balaban J connectivity index is 1.79. The highest BCUT2D eigenvalue weighted by molar-refractivity contribution is 7.17. The molecule has 10 nitrogen and oxygen atoms in total. The van der Waals surface area contributed by atoms with Crippen molar-refractivity contribution in [1.29, 1.82) is 0 Å². The van der Waals surface area contributed by atoms with Gasteiger partial charge in [-0.3, -0.25) is 14.5 Å². The summed E-state index contributed by atoms with van der Waals surface area (Å²) >= 11 is 0.951. The number of aromatic nitrogens is 1. The number of hydrogen-bond donors (Lipinski definition) is 1. The lowest BCUT2D eigenvalue weighted by Crippen LogP contribution is -2.29. The second kappa shape index (κ2) is 16.3. The number of methoxy groups -OCH3 is 1. The molecule has 46 heavy (non-hydrogen) atoms. The largest absolute Gasteiger partial charge is 0.507 e. The van der Waals surface area contributed by atoms with E-state index < -0.39 is 23.7 Å². The summed E-state index contributed by atoms with van der Waals surface area (Å²) in [4.78, 5) is 46.0. The number of aliphatic hydroxyl groups is 1. The van der Waals surface area contributed by atoms with E-state index in [4.69, 9.17) is 18.9 Å². The van der Waals surface area contributed by atoms with E-state index in [0.29, 0.717) is 47.3 Å². The third kappa shape index (κ3) is 7.70. The Morgan fingerprint density at radius 2 is 1.65 bits per heavy atom. The molecule has 0 unspecified atom stereocenters. The van der Waals surface area contributed by atoms with Crippen molar-refractivity contribution in [3.63, 3.8) is 0 Å². The number of ketones is 1. The summed E-state index contributed by atoms with van der Waals surface area (Å²) in [6, 6.07) is 10.8. The molecule has 2 heterocycles. The molecule has 1 atom stereocenters. The molecule has 0 radical (unpaired) electrons. The number of rotatable bonds is 16. The van der Waals surface area contributed by atoms with Crippen LogP contribution in [0.5, 0.6) is 17.2 Å². The topological polar surface area (TPSA) is 124 Å². The number of Topliss-reactive ketones (excluding diaryl/α,β-unsaturated/α-hetero) is 1. The average Bonchev–Trinajstić information content (AvgIpc) is 3.57. The number of anilines is 1. The van der Waals surface area contributed by atoms with Crippen molar-refractivity contribution >= 4 is 39.9 Å². The number of benzene rings is 2. The van der Waals surface area contributed by atoms with Gasteiger partial charge in [0.05, 0.1) is 44.2 Å². The van der Waals surface area contributed by atoms with E-state index in [1.54, 1.807) is 56.3 Å². The molecule has 4 rings (SSSR count). The number of thiazole rings is 1. The van der Waals surface area contributed by atoms with Crippen molar-refractivity contribution < 1.29 is 38.4 Å². The van der Waals surface area contributed by atoms with Gasteiger partial charge >= 0.3 is 11.9 Å². The van der Waals surface area contributed by atoms with Gasteiger partial charge in [0.2, 0.25) is 0 Å². The minimum absolute atomic E-state index is 0.120. The Bertz CT molecular complexity index is 1560. The van der Waals surface area contributed by atoms with Gasteiger partial charge in [-0.2, -0.15) is 0 Å². The molecular weight excluding hydrogens is 608 g/mol. The van der Waals surface area contributed by atoms with Crippen LogP contribution in [0.2, 0.25) is 0 Å². The van der Waals surface area contributed by atoms with Gasteiger partial charge in [-0.25, -0.2) is 9.78 Å². The number of unbranched alkanes of at least 4 members (excludes halogenated alkanes) is 4. The highest BCUT2D eigenvalue weighted by Gasteiger charge is 2.48. The fraction of sp³-hybridized carbons (Fsp3) is 0.429. The predicted octanol–water partition coefficient (Wildman–Crippen LogP) is 7.40. The molecular formula is C35H42N2O8S. The normalized spacial score (nSPS) is 15.7. The lowest BCUT2D eigenvalue weighted by molar-refractivity contribution is -0.132. The molecule has 1 aliphatic rings. The van der Waals surface area contributed by atoms with Crippen LogP contribution in [-0.4, -0.2) is 54.7 Å². The lowest BCUT2D eigenvalue weighted by Gasteiger charge is -2.24. The van der Waals surface area contributed by atoms with E-state index in [0.717, 1.165) is 49.9 Å². The summed E-state index contributed by atoms with van der Waals surface area (Å²) in [6.07, 6.45) is 6.10. The van der Waals surface area contributed by atoms with Crippen LogP contribution in [0.15, 0.2) is 48.0 Å². The first-order valence-corrected chi connectivity index (χ1v) is 16.6. The zero-order valence-corrected chi connectivity index (χ0v) is 27.9. The van der Waals surface area contributed by atoms with Crippen molar-refractivity contribution in [2.75, 3.05) is 31.8 Å². The molecule has 2 aromatic carbocycles. The SMILES string of the molecule is CCCCCCOc1ccc([C@@H]2C(=C(O)c3ccc(OCCCC)cc3)C(=O)C(=O)N2c2nc(C)c(C(=O)OCC)s2)cc1OC. The van der Waals surface area contributed by atoms with E-state index >= 15 is 0 Å². The third-order valence-corrected chi connectivity index (χ3v) is 8.69. The molecule has 1 aliphatic heterocycles. The van der Waals surface area contributed by atoms with Crippen LogP contribution in [0.4, 0.5) is 5.13 Å². The van der Waals surface area contributed by atoms with Crippen molar-refractivity contribution in [3.05, 3.63) is 69.7 Å². The fourth-order valence-corrected chi connectivity index (χ4v) is 6.09. The molecule has 1 aromatic heterocycles. The first-order chi connectivity index (χ1) is 22.2. The van der Waals surface area contributed by atoms with E-state index in [9.17, 15) is 19.5 Å². The van der Waals surface area contributed by atoms with E-state index in [1.165, 1.54) is 12.0 Å². The standard InChI is InChI=1S/C35H42N2O8S/c1-6-9-11-12-20-45-26-18-15-24(21-27(26)42-5)29-28(30(38)23-13-16-25(17-14-23)44-19-10-7-2)31(39)33(40)37(29)35-36-22(4)32(46-35)34(41)43-8-3/h13-18,21,29,38H,6-12,19-20H2,1-5H3/t29-/m1/s1. The summed E-state index contributed by atoms with van der Waals surface area (Å²) in [5.41, 5.74) is 1.07. The molecule has 0 bridgehead atoms. The molecule has 246 valence electrons. The number of carbonyl (C=O) groups excluding carboxylic acids is 3. The van der Waals surface area contributed by atoms with Crippen LogP contribution in [0.1, 0.15) is 91.8 Å². The van der Waals surface area contributed by atoms with Crippen LogP contribution in [-0.2, 0) is 14.3 Å². The lowest BCUT2D eigenvalue weighted by atomic mass is 9.95. The van der Waals surface area contributed by atoms with Crippen LogP contribution >= 0.6 is 11.3 Å². The molecule has 1 N–H and O–H groups in total. The van der Waals surface area contributed by atoms with Gasteiger partial charge in [-0.1, -0.05) is 56.9 Å². The van der Waals surface area contributed by atoms with Gasteiger partial charge in [0.25, 0.3) is 5.78 Å². The predicted molar refractivity (Wildman–Crippen MR) is 177 cm³/mol. The summed E-state index contributed by atoms with van der Waals surface area (Å²) < 4.78 is 22.6. The summed E-state index contributed by atoms with van der Waals surface area (Å²) in [7, 11) is 1.51. The summed E-state index contributed by atoms with van der Waals surface area (Å²) in [5, 5.41) is 11.7. The molecule has 1 fully saturated rings. The maximum Gasteiger partial charge on any atom is 0.350 e. The molecule has 0 spiro atoms. The van der Waals surface area contributed by atoms with Crippen molar-refractivity contribution in [3.8, 4) is 17.2 Å². The van der Waals surface area contributed by atoms with E-state index in [1.807, 2.05) is 0 Å². The quantitative estimate of drug-likeness (QED) is 0.0555. The van der Waals surface area contributed by atoms with Crippen LogP contribution in [0, 0.1) is 6.92 Å². The van der Waals surface area contributed by atoms with Crippen LogP contribution in [0.25, 0.3) is 5.76 Å². The minimum atomic E-state index is -1.08. The number of amides is 1. The molecule has 0 saturated carbocycles. The maximum atomic E-state index is 13.7. The van der Waals surface area contributed by atoms with Gasteiger partial charge in [0, 0.05) is 5.56 Å². The summed E-state index contributed by atoms with van der Waals surface area (Å²) in [6.45, 7) is 8.81. The Morgan fingerprint density at radius 3 is 2.33 bits per heavy atom. The van der Waals surface area contributed by atoms with Crippen LogP contribution < -0.4 is 19.1 Å². The number of nitrogens with zero attached hydrogens (tertiary/aromatic N) is 2. The number of esters is 1. The number of aliphatic hydroxyl groups excluding tert-OH is 1. The number of carbonyl (C=O) groups is 3. The molecule has 3 aromatic rings. The monoisotopic (exact) mass is 650 g/mol. The van der Waals surface area contributed by atoms with Gasteiger partial charge in [0.15, 0.2) is 16.6 Å². The Labute approximate surface area is 274 Å².